The third-order valence-electron chi connectivity index (χ3n) is 8.12. The number of benzene rings is 2. The third-order valence-corrected chi connectivity index (χ3v) is 8.12. The van der Waals surface area contributed by atoms with E-state index in [2.05, 4.69) is 15.6 Å². The molecule has 0 bridgehead atoms. The van der Waals surface area contributed by atoms with Crippen LogP contribution in [-0.4, -0.2) is 33.1 Å². The Morgan fingerprint density at radius 2 is 1.34 bits per heavy atom. The summed E-state index contributed by atoms with van der Waals surface area (Å²) in [6.07, 6.45) is -0.728. The first-order chi connectivity index (χ1) is 21.9. The highest BCUT2D eigenvalue weighted by atomic mass is 19.1. The smallest absolute Gasteiger partial charge is 0.420 e. The first-order valence-corrected chi connectivity index (χ1v) is 14.6. The monoisotopic (exact) mass is 638 g/mol. The largest absolute Gasteiger partial charge is 0.443 e. The van der Waals surface area contributed by atoms with Gasteiger partial charge in [0.05, 0.1) is 27.9 Å². The number of H-pyrrole nitrogens is 1. The quantitative estimate of drug-likeness (QED) is 0.213. The summed E-state index contributed by atoms with van der Waals surface area (Å²) in [5, 5.41) is 23.3. The fraction of sp³-hybridized carbons (Fsp3) is 0.286. The van der Waals surface area contributed by atoms with Crippen LogP contribution in [0.25, 0.3) is 22.5 Å². The van der Waals surface area contributed by atoms with Crippen LogP contribution in [0.2, 0.25) is 0 Å². The molecule has 2 amide bonds. The Bertz CT molecular complexity index is 2070. The van der Waals surface area contributed by atoms with Crippen LogP contribution in [0.3, 0.4) is 0 Å². The molecule has 4 aromatic rings. The summed E-state index contributed by atoms with van der Waals surface area (Å²) >= 11 is 0. The first kappa shape index (κ1) is 32.6. The van der Waals surface area contributed by atoms with Crippen LogP contribution < -0.4 is 10.6 Å². The lowest BCUT2D eigenvalue weighted by molar-refractivity contribution is -0.120. The van der Waals surface area contributed by atoms with Gasteiger partial charge >= 0.3 is 6.09 Å². The zero-order chi connectivity index (χ0) is 34.6. The number of aromatic amines is 1. The van der Waals surface area contributed by atoms with Crippen LogP contribution in [0.4, 0.5) is 25.0 Å². The Morgan fingerprint density at radius 1 is 0.809 bits per heavy atom. The van der Waals surface area contributed by atoms with E-state index < -0.39 is 34.2 Å². The maximum absolute atomic E-state index is 14.6. The van der Waals surface area contributed by atoms with Crippen LogP contribution in [0.5, 0.6) is 0 Å². The van der Waals surface area contributed by atoms with Gasteiger partial charge in [-0.3, -0.25) is 9.59 Å². The molecule has 0 spiro atoms. The highest BCUT2D eigenvalue weighted by molar-refractivity contribution is 6.07. The minimum Gasteiger partial charge on any atom is -0.443 e. The van der Waals surface area contributed by atoms with Crippen molar-refractivity contribution in [3.63, 3.8) is 0 Å². The number of ether oxygens (including phenoxy) is 1. The molecule has 3 N–H and O–H groups in total. The van der Waals surface area contributed by atoms with E-state index in [0.717, 1.165) is 4.57 Å². The zero-order valence-corrected chi connectivity index (χ0v) is 26.8. The fourth-order valence-corrected chi connectivity index (χ4v) is 5.42. The lowest BCUT2D eigenvalue weighted by Gasteiger charge is -2.21. The van der Waals surface area contributed by atoms with Gasteiger partial charge in [0.1, 0.15) is 40.8 Å². The van der Waals surface area contributed by atoms with Crippen molar-refractivity contribution >= 4 is 29.3 Å². The van der Waals surface area contributed by atoms with Gasteiger partial charge in [-0.05, 0) is 108 Å². The number of nitrogens with one attached hydrogen (secondary N) is 3. The van der Waals surface area contributed by atoms with Crippen LogP contribution in [-0.2, 0) is 25.2 Å². The van der Waals surface area contributed by atoms with E-state index in [9.17, 15) is 28.4 Å². The lowest BCUT2D eigenvalue weighted by atomic mass is 9.85. The minimum atomic E-state index is -0.909. The predicted molar refractivity (Wildman–Crippen MR) is 170 cm³/mol. The van der Waals surface area contributed by atoms with E-state index in [1.54, 1.807) is 78.8 Å². The molecule has 0 aliphatic carbocycles. The molecule has 0 atom stereocenters. The topological polar surface area (TPSA) is 153 Å². The Hall–Kier alpha value is -5.75. The van der Waals surface area contributed by atoms with Gasteiger partial charge in [-0.1, -0.05) is 0 Å². The van der Waals surface area contributed by atoms with Crippen molar-refractivity contribution in [1.29, 1.82) is 10.5 Å². The van der Waals surface area contributed by atoms with Gasteiger partial charge in [0.25, 0.3) is 0 Å². The molecular formula is C35H32F2N6O4. The summed E-state index contributed by atoms with van der Waals surface area (Å²) in [5.74, 6) is -1.58. The number of halogens is 2. The van der Waals surface area contributed by atoms with Gasteiger partial charge in [0, 0.05) is 16.8 Å². The second-order valence-corrected chi connectivity index (χ2v) is 13.3. The van der Waals surface area contributed by atoms with Crippen LogP contribution in [0.1, 0.15) is 71.0 Å². The summed E-state index contributed by atoms with van der Waals surface area (Å²) < 4.78 is 35.3. The second kappa shape index (κ2) is 11.2. The summed E-state index contributed by atoms with van der Waals surface area (Å²) in [5.41, 5.74) is 1.54. The first-order valence-electron chi connectivity index (χ1n) is 14.6. The van der Waals surface area contributed by atoms with Crippen molar-refractivity contribution in [2.45, 2.75) is 64.9 Å². The van der Waals surface area contributed by atoms with Crippen molar-refractivity contribution in [2.24, 2.45) is 0 Å². The fourth-order valence-electron chi connectivity index (χ4n) is 5.42. The Labute approximate surface area is 270 Å². The van der Waals surface area contributed by atoms with Gasteiger partial charge in [-0.25, -0.2) is 18.1 Å². The molecule has 0 radical (unpaired) electrons. The molecule has 2 aliphatic heterocycles. The molecule has 2 aliphatic rings. The number of carbonyl (C=O) groups excluding carboxylic acids is 3. The van der Waals surface area contributed by atoms with E-state index in [0.29, 0.717) is 39.3 Å². The molecule has 0 saturated heterocycles. The van der Waals surface area contributed by atoms with Crippen molar-refractivity contribution in [2.75, 3.05) is 10.6 Å². The molecule has 0 fully saturated rings. The Morgan fingerprint density at radius 3 is 1.83 bits per heavy atom. The molecule has 2 aromatic heterocycles. The predicted octanol–water partition coefficient (Wildman–Crippen LogP) is 7.10. The summed E-state index contributed by atoms with van der Waals surface area (Å²) in [7, 11) is 0. The van der Waals surface area contributed by atoms with Crippen LogP contribution in [0.15, 0.2) is 48.5 Å². The van der Waals surface area contributed by atoms with Crippen molar-refractivity contribution in [3.05, 3.63) is 82.7 Å². The van der Waals surface area contributed by atoms with E-state index >= 15 is 0 Å². The number of anilines is 2. The van der Waals surface area contributed by atoms with Gasteiger partial charge in [0.15, 0.2) is 0 Å². The van der Waals surface area contributed by atoms with E-state index in [1.807, 2.05) is 12.1 Å². The van der Waals surface area contributed by atoms with Crippen LogP contribution >= 0.6 is 0 Å². The van der Waals surface area contributed by atoms with E-state index in [1.165, 1.54) is 18.2 Å². The van der Waals surface area contributed by atoms with Gasteiger partial charge in [-0.2, -0.15) is 10.5 Å². The normalized spacial score (nSPS) is 15.3. The maximum Gasteiger partial charge on any atom is 0.420 e. The number of aromatic nitrogens is 2. The molecule has 2 aromatic carbocycles. The summed E-state index contributed by atoms with van der Waals surface area (Å²) in [6.45, 7) is 12.1. The number of amides is 2. The Kier molecular flexibility index (Phi) is 7.81. The molecule has 6 rings (SSSR count). The number of fused-ring (bicyclic) bond motifs is 2. The molecule has 10 nitrogen and oxygen atoms in total. The Balaban J connectivity index is 0.000000193. The average Bonchev–Trinajstić information content (AvgIpc) is 3.74. The van der Waals surface area contributed by atoms with Crippen molar-refractivity contribution < 1.29 is 27.9 Å². The highest BCUT2D eigenvalue weighted by Gasteiger charge is 2.41. The third kappa shape index (κ3) is 5.74. The minimum absolute atomic E-state index is 0.0774. The number of nitrogens with zero attached hydrogens (tertiary/aromatic N) is 3. The molecule has 240 valence electrons. The van der Waals surface area contributed by atoms with Crippen LogP contribution in [0, 0.1) is 34.3 Å². The molecule has 0 saturated carbocycles. The molecule has 47 heavy (non-hydrogen) atoms. The SMILES string of the molecule is CC(C)(C)OC(=O)n1c(C#N)ccc1-c1cc(F)c2c(c1)C(C)(C)C(=O)N2.CC1(C)C(=O)Nc2c(F)cc(-c3ccc(C#N)[nH]3)cc21. The average molecular weight is 639 g/mol. The summed E-state index contributed by atoms with van der Waals surface area (Å²) in [6, 6.07) is 16.3. The number of carbonyl (C=O) groups is 3. The zero-order valence-electron chi connectivity index (χ0n) is 26.8. The number of nitriles is 2. The summed E-state index contributed by atoms with van der Waals surface area (Å²) in [4.78, 5) is 39.5. The van der Waals surface area contributed by atoms with Gasteiger partial charge in [-0.15, -0.1) is 0 Å². The number of rotatable bonds is 2. The van der Waals surface area contributed by atoms with Crippen molar-refractivity contribution in [3.8, 4) is 34.7 Å². The molecule has 0 unspecified atom stereocenters. The molecular weight excluding hydrogens is 606 g/mol. The number of hydrogen-bond donors (Lipinski definition) is 3. The standard InChI is InChI=1S/C20H20FN3O3.C15H12FN3O/c1-19(2,3)27-18(26)24-12(10-22)6-7-15(24)11-8-13-16(14(21)9-11)23-17(25)20(13,4)5;1-15(2)10-5-8(12-4-3-9(7-17)18-12)6-11(16)13(10)19-14(15)20/h6-9H,1-5H3,(H,23,25);3-6,18H,1-2H3,(H,19,20). The van der Waals surface area contributed by atoms with Crippen molar-refractivity contribution in [1.82, 2.24) is 9.55 Å². The van der Waals surface area contributed by atoms with Gasteiger partial charge in [0.2, 0.25) is 11.8 Å². The van der Waals surface area contributed by atoms with E-state index in [4.69, 9.17) is 10.00 Å². The molecule has 4 heterocycles. The molecule has 12 heteroatoms. The second-order valence-electron chi connectivity index (χ2n) is 13.3. The lowest BCUT2D eigenvalue weighted by Crippen LogP contribution is -2.28. The van der Waals surface area contributed by atoms with E-state index in [-0.39, 0.29) is 28.9 Å². The maximum atomic E-state index is 14.6. The number of hydrogen-bond acceptors (Lipinski definition) is 6. The highest BCUT2D eigenvalue weighted by Crippen LogP contribution is 2.43. The van der Waals surface area contributed by atoms with Gasteiger partial charge < -0.3 is 20.4 Å².